The SMILES string of the molecule is COc1ccc(-c2cccc3c2CCC3N)c(OC)c1. The third-order valence-corrected chi connectivity index (χ3v) is 4.02. The van der Waals surface area contributed by atoms with Gasteiger partial charge in [0.25, 0.3) is 0 Å². The summed E-state index contributed by atoms with van der Waals surface area (Å²) in [5, 5.41) is 0. The van der Waals surface area contributed by atoms with Crippen LogP contribution in [0.3, 0.4) is 0 Å². The standard InChI is InChI=1S/C17H19NO2/c1-19-11-6-7-15(17(10-11)20-2)12-4-3-5-14-13(12)8-9-16(14)18/h3-7,10,16H,8-9,18H2,1-2H3. The van der Waals surface area contributed by atoms with E-state index in [1.807, 2.05) is 12.1 Å². The average molecular weight is 269 g/mol. The molecule has 0 saturated heterocycles. The first kappa shape index (κ1) is 13.0. The lowest BCUT2D eigenvalue weighted by atomic mass is 9.95. The van der Waals surface area contributed by atoms with Gasteiger partial charge >= 0.3 is 0 Å². The predicted molar refractivity (Wildman–Crippen MR) is 80.2 cm³/mol. The second-order valence-electron chi connectivity index (χ2n) is 5.08. The van der Waals surface area contributed by atoms with Crippen molar-refractivity contribution in [2.24, 2.45) is 5.73 Å². The molecule has 1 aliphatic rings. The molecule has 0 bridgehead atoms. The third kappa shape index (κ3) is 2.04. The van der Waals surface area contributed by atoms with E-state index in [0.717, 1.165) is 29.9 Å². The molecule has 0 radical (unpaired) electrons. The Morgan fingerprint density at radius 2 is 1.90 bits per heavy atom. The van der Waals surface area contributed by atoms with Crippen molar-refractivity contribution in [3.63, 3.8) is 0 Å². The molecule has 2 aromatic carbocycles. The Balaban J connectivity index is 2.15. The maximum absolute atomic E-state index is 6.16. The van der Waals surface area contributed by atoms with Gasteiger partial charge in [-0.15, -0.1) is 0 Å². The lowest BCUT2D eigenvalue weighted by Crippen LogP contribution is -2.05. The van der Waals surface area contributed by atoms with Gasteiger partial charge in [-0.3, -0.25) is 0 Å². The highest BCUT2D eigenvalue weighted by Gasteiger charge is 2.23. The van der Waals surface area contributed by atoms with Crippen molar-refractivity contribution in [3.8, 4) is 22.6 Å². The summed E-state index contributed by atoms with van der Waals surface area (Å²) < 4.78 is 10.8. The van der Waals surface area contributed by atoms with Crippen LogP contribution in [0.15, 0.2) is 36.4 Å². The van der Waals surface area contributed by atoms with Gasteiger partial charge in [0, 0.05) is 17.7 Å². The van der Waals surface area contributed by atoms with E-state index in [1.54, 1.807) is 14.2 Å². The summed E-state index contributed by atoms with van der Waals surface area (Å²) in [6.07, 6.45) is 2.05. The van der Waals surface area contributed by atoms with Crippen LogP contribution in [-0.2, 0) is 6.42 Å². The first-order valence-electron chi connectivity index (χ1n) is 6.84. The fraction of sp³-hybridized carbons (Fsp3) is 0.294. The molecule has 1 atom stereocenters. The lowest BCUT2D eigenvalue weighted by Gasteiger charge is -2.14. The van der Waals surface area contributed by atoms with E-state index in [2.05, 4.69) is 24.3 Å². The van der Waals surface area contributed by atoms with Crippen LogP contribution >= 0.6 is 0 Å². The van der Waals surface area contributed by atoms with Gasteiger partial charge in [0.05, 0.1) is 14.2 Å². The van der Waals surface area contributed by atoms with Crippen molar-refractivity contribution >= 4 is 0 Å². The Labute approximate surface area is 119 Å². The largest absolute Gasteiger partial charge is 0.497 e. The van der Waals surface area contributed by atoms with Gasteiger partial charge in [-0.25, -0.2) is 0 Å². The fourth-order valence-electron chi connectivity index (χ4n) is 2.96. The molecule has 1 aliphatic carbocycles. The van der Waals surface area contributed by atoms with Crippen molar-refractivity contribution in [2.75, 3.05) is 14.2 Å². The number of hydrogen-bond donors (Lipinski definition) is 1. The Morgan fingerprint density at radius 1 is 1.05 bits per heavy atom. The van der Waals surface area contributed by atoms with E-state index >= 15 is 0 Å². The van der Waals surface area contributed by atoms with Crippen LogP contribution in [0, 0.1) is 0 Å². The number of benzene rings is 2. The van der Waals surface area contributed by atoms with E-state index in [1.165, 1.54) is 16.7 Å². The van der Waals surface area contributed by atoms with Crippen LogP contribution in [0.1, 0.15) is 23.6 Å². The molecule has 1 unspecified atom stereocenters. The number of hydrogen-bond acceptors (Lipinski definition) is 3. The van der Waals surface area contributed by atoms with Gasteiger partial charge in [-0.2, -0.15) is 0 Å². The second-order valence-corrected chi connectivity index (χ2v) is 5.08. The van der Waals surface area contributed by atoms with Crippen LogP contribution in [-0.4, -0.2) is 14.2 Å². The van der Waals surface area contributed by atoms with Crippen LogP contribution in [0.5, 0.6) is 11.5 Å². The first-order valence-corrected chi connectivity index (χ1v) is 6.84. The molecule has 0 amide bonds. The van der Waals surface area contributed by atoms with Crippen LogP contribution in [0.2, 0.25) is 0 Å². The molecule has 104 valence electrons. The molecular weight excluding hydrogens is 250 g/mol. The number of methoxy groups -OCH3 is 2. The number of fused-ring (bicyclic) bond motifs is 1. The van der Waals surface area contributed by atoms with Crippen molar-refractivity contribution in [3.05, 3.63) is 47.5 Å². The first-order chi connectivity index (χ1) is 9.74. The minimum Gasteiger partial charge on any atom is -0.497 e. The molecule has 3 heteroatoms. The Hall–Kier alpha value is -2.00. The summed E-state index contributed by atoms with van der Waals surface area (Å²) in [4.78, 5) is 0. The van der Waals surface area contributed by atoms with Crippen LogP contribution in [0.25, 0.3) is 11.1 Å². The molecule has 20 heavy (non-hydrogen) atoms. The predicted octanol–water partition coefficient (Wildman–Crippen LogP) is 3.32. The van der Waals surface area contributed by atoms with Gasteiger partial charge in [0.2, 0.25) is 0 Å². The van der Waals surface area contributed by atoms with Crippen molar-refractivity contribution in [1.29, 1.82) is 0 Å². The summed E-state index contributed by atoms with van der Waals surface area (Å²) in [6, 6.07) is 12.4. The van der Waals surface area contributed by atoms with Crippen molar-refractivity contribution in [1.82, 2.24) is 0 Å². The zero-order chi connectivity index (χ0) is 14.1. The van der Waals surface area contributed by atoms with Gasteiger partial charge < -0.3 is 15.2 Å². The molecule has 0 saturated carbocycles. The van der Waals surface area contributed by atoms with Gasteiger partial charge in [0.1, 0.15) is 11.5 Å². The van der Waals surface area contributed by atoms with E-state index in [0.29, 0.717) is 0 Å². The molecule has 2 aromatic rings. The van der Waals surface area contributed by atoms with Crippen LogP contribution < -0.4 is 15.2 Å². The molecule has 0 aromatic heterocycles. The second kappa shape index (κ2) is 5.17. The van der Waals surface area contributed by atoms with Gasteiger partial charge in [-0.05, 0) is 41.7 Å². The minimum atomic E-state index is 0.161. The Kier molecular flexibility index (Phi) is 3.36. The summed E-state index contributed by atoms with van der Waals surface area (Å²) >= 11 is 0. The molecule has 3 nitrogen and oxygen atoms in total. The van der Waals surface area contributed by atoms with Crippen molar-refractivity contribution in [2.45, 2.75) is 18.9 Å². The Morgan fingerprint density at radius 3 is 2.65 bits per heavy atom. The third-order valence-electron chi connectivity index (χ3n) is 4.02. The summed E-state index contributed by atoms with van der Waals surface area (Å²) in [6.45, 7) is 0. The molecule has 0 spiro atoms. The van der Waals surface area contributed by atoms with Crippen LogP contribution in [0.4, 0.5) is 0 Å². The fourth-order valence-corrected chi connectivity index (χ4v) is 2.96. The molecule has 0 heterocycles. The van der Waals surface area contributed by atoms with Gasteiger partial charge in [-0.1, -0.05) is 18.2 Å². The molecule has 0 aliphatic heterocycles. The van der Waals surface area contributed by atoms with E-state index in [9.17, 15) is 0 Å². The molecule has 2 N–H and O–H groups in total. The highest BCUT2D eigenvalue weighted by Crippen LogP contribution is 2.40. The van der Waals surface area contributed by atoms with Crippen molar-refractivity contribution < 1.29 is 9.47 Å². The Bertz CT molecular complexity index is 637. The topological polar surface area (TPSA) is 44.5 Å². The quantitative estimate of drug-likeness (QED) is 0.929. The monoisotopic (exact) mass is 269 g/mol. The highest BCUT2D eigenvalue weighted by molar-refractivity contribution is 5.76. The number of rotatable bonds is 3. The van der Waals surface area contributed by atoms with E-state index in [4.69, 9.17) is 15.2 Å². The van der Waals surface area contributed by atoms with Gasteiger partial charge in [0.15, 0.2) is 0 Å². The zero-order valence-corrected chi connectivity index (χ0v) is 11.8. The summed E-state index contributed by atoms with van der Waals surface area (Å²) in [5.41, 5.74) is 11.1. The smallest absolute Gasteiger partial charge is 0.130 e. The average Bonchev–Trinajstić information content (AvgIpc) is 2.88. The minimum absolute atomic E-state index is 0.161. The molecule has 0 fully saturated rings. The zero-order valence-electron chi connectivity index (χ0n) is 11.8. The maximum Gasteiger partial charge on any atom is 0.130 e. The maximum atomic E-state index is 6.16. The molecule has 3 rings (SSSR count). The van der Waals surface area contributed by atoms with E-state index in [-0.39, 0.29) is 6.04 Å². The normalized spacial score (nSPS) is 16.9. The number of nitrogens with two attached hydrogens (primary N) is 1. The lowest BCUT2D eigenvalue weighted by molar-refractivity contribution is 0.395. The summed E-state index contributed by atoms with van der Waals surface area (Å²) in [5.74, 6) is 1.63. The highest BCUT2D eigenvalue weighted by atomic mass is 16.5. The number of ether oxygens (including phenoxy) is 2. The molecular formula is C17H19NO2. The summed E-state index contributed by atoms with van der Waals surface area (Å²) in [7, 11) is 3.35. The van der Waals surface area contributed by atoms with E-state index < -0.39 is 0 Å².